The zero-order valence-electron chi connectivity index (χ0n) is 10.6. The number of carbonyl (C=O) groups is 1. The molecule has 5 heteroatoms. The highest BCUT2D eigenvalue weighted by Crippen LogP contribution is 2.23. The molecule has 0 saturated heterocycles. The van der Waals surface area contributed by atoms with E-state index in [0.717, 1.165) is 5.56 Å². The number of halogens is 2. The van der Waals surface area contributed by atoms with Crippen molar-refractivity contribution in [3.63, 3.8) is 0 Å². The predicted octanol–water partition coefficient (Wildman–Crippen LogP) is 2.94. The first-order chi connectivity index (χ1) is 8.45. The van der Waals surface area contributed by atoms with Crippen LogP contribution in [0.25, 0.3) is 0 Å². The molecular weight excluding hydrogens is 271 g/mol. The van der Waals surface area contributed by atoms with Crippen molar-refractivity contribution in [3.8, 4) is 0 Å². The Hall–Kier alpha value is -0.770. The van der Waals surface area contributed by atoms with Gasteiger partial charge in [-0.05, 0) is 30.7 Å². The summed E-state index contributed by atoms with van der Waals surface area (Å²) in [6.07, 6.45) is 0.699. The van der Waals surface area contributed by atoms with Gasteiger partial charge in [-0.25, -0.2) is 0 Å². The summed E-state index contributed by atoms with van der Waals surface area (Å²) in [5.41, 5.74) is 6.41. The van der Waals surface area contributed by atoms with Gasteiger partial charge in [0.1, 0.15) is 0 Å². The lowest BCUT2D eigenvalue weighted by atomic mass is 10.1. The molecule has 0 heterocycles. The number of nitrogens with zero attached hydrogens (tertiary/aromatic N) is 1. The molecule has 1 unspecified atom stereocenters. The summed E-state index contributed by atoms with van der Waals surface area (Å²) in [5, 5.41) is 1.02. The van der Waals surface area contributed by atoms with Gasteiger partial charge >= 0.3 is 0 Å². The molecule has 0 bridgehead atoms. The fourth-order valence-corrected chi connectivity index (χ4v) is 2.06. The summed E-state index contributed by atoms with van der Waals surface area (Å²) in [6.45, 7) is 2.93. The van der Waals surface area contributed by atoms with Crippen LogP contribution in [-0.4, -0.2) is 24.4 Å². The van der Waals surface area contributed by atoms with Crippen LogP contribution in [0.2, 0.25) is 10.0 Å². The van der Waals surface area contributed by atoms with Crippen LogP contribution in [-0.2, 0) is 11.3 Å². The first kappa shape index (κ1) is 15.3. The maximum atomic E-state index is 12.0. The van der Waals surface area contributed by atoms with Crippen LogP contribution in [0.4, 0.5) is 0 Å². The van der Waals surface area contributed by atoms with Gasteiger partial charge in [-0.3, -0.25) is 4.79 Å². The minimum absolute atomic E-state index is 0.0530. The van der Waals surface area contributed by atoms with E-state index < -0.39 is 0 Å². The maximum absolute atomic E-state index is 12.0. The smallest absolute Gasteiger partial charge is 0.225 e. The van der Waals surface area contributed by atoms with E-state index in [1.54, 1.807) is 24.1 Å². The molecular formula is C13H18Cl2N2O. The van der Waals surface area contributed by atoms with Crippen LogP contribution in [0.15, 0.2) is 18.2 Å². The number of carbonyl (C=O) groups excluding carboxylic acids is 1. The number of hydrogen-bond acceptors (Lipinski definition) is 2. The van der Waals surface area contributed by atoms with Crippen molar-refractivity contribution in [1.29, 1.82) is 0 Å². The molecule has 0 radical (unpaired) electrons. The van der Waals surface area contributed by atoms with Crippen LogP contribution >= 0.6 is 23.2 Å². The quantitative estimate of drug-likeness (QED) is 0.906. The molecule has 1 amide bonds. The Bertz CT molecular complexity index is 423. The molecule has 0 aliphatic carbocycles. The number of benzene rings is 1. The Morgan fingerprint density at radius 2 is 2.06 bits per heavy atom. The molecule has 1 atom stereocenters. The van der Waals surface area contributed by atoms with Crippen molar-refractivity contribution in [2.24, 2.45) is 11.7 Å². The Kier molecular flexibility index (Phi) is 5.93. The van der Waals surface area contributed by atoms with Crippen LogP contribution < -0.4 is 5.73 Å². The van der Waals surface area contributed by atoms with Gasteiger partial charge < -0.3 is 10.6 Å². The van der Waals surface area contributed by atoms with Gasteiger partial charge in [-0.1, -0.05) is 36.2 Å². The second kappa shape index (κ2) is 6.98. The van der Waals surface area contributed by atoms with E-state index in [0.29, 0.717) is 29.6 Å². The third kappa shape index (κ3) is 4.16. The minimum atomic E-state index is -0.0530. The monoisotopic (exact) mass is 288 g/mol. The Morgan fingerprint density at radius 1 is 1.39 bits per heavy atom. The number of nitrogens with two attached hydrogens (primary N) is 1. The molecule has 1 aromatic carbocycles. The fourth-order valence-electron chi connectivity index (χ4n) is 1.74. The van der Waals surface area contributed by atoms with Crippen LogP contribution in [0.3, 0.4) is 0 Å². The van der Waals surface area contributed by atoms with E-state index in [1.165, 1.54) is 0 Å². The van der Waals surface area contributed by atoms with Gasteiger partial charge in [-0.2, -0.15) is 0 Å². The molecule has 0 fully saturated rings. The Balaban J connectivity index is 2.66. The van der Waals surface area contributed by atoms with Gasteiger partial charge in [0.15, 0.2) is 0 Å². The predicted molar refractivity (Wildman–Crippen MR) is 75.8 cm³/mol. The highest BCUT2D eigenvalue weighted by atomic mass is 35.5. The summed E-state index contributed by atoms with van der Waals surface area (Å²) in [6, 6.07) is 5.38. The van der Waals surface area contributed by atoms with Gasteiger partial charge in [0.2, 0.25) is 5.91 Å². The Labute approximate surface area is 118 Å². The van der Waals surface area contributed by atoms with E-state index in [2.05, 4.69) is 0 Å². The first-order valence-electron chi connectivity index (χ1n) is 5.84. The van der Waals surface area contributed by atoms with E-state index >= 15 is 0 Å². The molecule has 1 rings (SSSR count). The SMILES string of the molecule is CC(CCN)C(=O)N(C)Cc1ccc(Cl)c(Cl)c1. The van der Waals surface area contributed by atoms with E-state index in [-0.39, 0.29) is 11.8 Å². The van der Waals surface area contributed by atoms with Crippen molar-refractivity contribution in [2.75, 3.05) is 13.6 Å². The first-order valence-corrected chi connectivity index (χ1v) is 6.60. The number of hydrogen-bond donors (Lipinski definition) is 1. The summed E-state index contributed by atoms with van der Waals surface area (Å²) in [7, 11) is 1.78. The number of rotatable bonds is 5. The topological polar surface area (TPSA) is 46.3 Å². The third-order valence-corrected chi connectivity index (χ3v) is 3.54. The lowest BCUT2D eigenvalue weighted by molar-refractivity contribution is -0.134. The zero-order valence-corrected chi connectivity index (χ0v) is 12.1. The molecule has 0 aliphatic heterocycles. The largest absolute Gasteiger partial charge is 0.341 e. The van der Waals surface area contributed by atoms with Crippen molar-refractivity contribution >= 4 is 29.1 Å². The molecule has 0 aromatic heterocycles. The molecule has 0 aliphatic rings. The summed E-state index contributed by atoms with van der Waals surface area (Å²) in [4.78, 5) is 13.7. The van der Waals surface area contributed by atoms with Crippen molar-refractivity contribution in [3.05, 3.63) is 33.8 Å². The van der Waals surface area contributed by atoms with Crippen molar-refractivity contribution in [1.82, 2.24) is 4.90 Å². The Morgan fingerprint density at radius 3 is 2.61 bits per heavy atom. The second-order valence-corrected chi connectivity index (χ2v) is 5.24. The summed E-state index contributed by atoms with van der Waals surface area (Å²) < 4.78 is 0. The van der Waals surface area contributed by atoms with Gasteiger partial charge in [-0.15, -0.1) is 0 Å². The average Bonchev–Trinajstić information content (AvgIpc) is 2.33. The summed E-state index contributed by atoms with van der Waals surface area (Å²) in [5.74, 6) is 0.0364. The van der Waals surface area contributed by atoms with Gasteiger partial charge in [0, 0.05) is 19.5 Å². The van der Waals surface area contributed by atoms with Crippen LogP contribution in [0.5, 0.6) is 0 Å². The van der Waals surface area contributed by atoms with E-state index in [4.69, 9.17) is 28.9 Å². The third-order valence-electron chi connectivity index (χ3n) is 2.80. The molecule has 100 valence electrons. The van der Waals surface area contributed by atoms with Crippen molar-refractivity contribution < 1.29 is 4.79 Å². The molecule has 18 heavy (non-hydrogen) atoms. The van der Waals surface area contributed by atoms with E-state index in [9.17, 15) is 4.79 Å². The van der Waals surface area contributed by atoms with Crippen LogP contribution in [0, 0.1) is 5.92 Å². The maximum Gasteiger partial charge on any atom is 0.225 e. The second-order valence-electron chi connectivity index (χ2n) is 4.42. The number of amides is 1. The van der Waals surface area contributed by atoms with E-state index in [1.807, 2.05) is 13.0 Å². The molecule has 2 N–H and O–H groups in total. The normalized spacial score (nSPS) is 12.3. The lowest BCUT2D eigenvalue weighted by Crippen LogP contribution is -2.32. The average molecular weight is 289 g/mol. The standard InChI is InChI=1S/C13H18Cl2N2O/c1-9(5-6-16)13(18)17(2)8-10-3-4-11(14)12(15)7-10/h3-4,7,9H,5-6,8,16H2,1-2H3. The molecule has 0 saturated carbocycles. The van der Waals surface area contributed by atoms with Crippen molar-refractivity contribution in [2.45, 2.75) is 19.9 Å². The lowest BCUT2D eigenvalue weighted by Gasteiger charge is -2.21. The molecule has 1 aromatic rings. The van der Waals surface area contributed by atoms with Gasteiger partial charge in [0.05, 0.1) is 10.0 Å². The van der Waals surface area contributed by atoms with Gasteiger partial charge in [0.25, 0.3) is 0 Å². The molecule has 3 nitrogen and oxygen atoms in total. The highest BCUT2D eigenvalue weighted by Gasteiger charge is 2.16. The summed E-state index contributed by atoms with van der Waals surface area (Å²) >= 11 is 11.8. The molecule has 0 spiro atoms. The highest BCUT2D eigenvalue weighted by molar-refractivity contribution is 6.42. The minimum Gasteiger partial charge on any atom is -0.341 e. The fraction of sp³-hybridized carbons (Fsp3) is 0.462. The zero-order chi connectivity index (χ0) is 13.7. The van der Waals surface area contributed by atoms with Crippen LogP contribution in [0.1, 0.15) is 18.9 Å².